The minimum Gasteiger partial charge on any atom is -0.410 e. The van der Waals surface area contributed by atoms with Crippen LogP contribution in [0.1, 0.15) is 30.4 Å². The predicted octanol–water partition coefficient (Wildman–Crippen LogP) is 2.61. The van der Waals surface area contributed by atoms with Crippen LogP contribution in [0.4, 0.5) is 0 Å². The van der Waals surface area contributed by atoms with Gasteiger partial charge < -0.3 is 14.8 Å². The van der Waals surface area contributed by atoms with E-state index in [4.69, 9.17) is 9.94 Å². The molecule has 0 aromatic heterocycles. The molecule has 1 aliphatic carbocycles. The molecule has 3 aliphatic rings. The highest BCUT2D eigenvalue weighted by atomic mass is 16.7. The van der Waals surface area contributed by atoms with E-state index in [0.29, 0.717) is 0 Å². The maximum atomic E-state index is 9.17. The second kappa shape index (κ2) is 6.71. The molecule has 4 rings (SSSR count). The molecule has 2 heterocycles. The number of piperidine rings is 1. The van der Waals surface area contributed by atoms with Crippen LogP contribution in [-0.2, 0) is 11.3 Å². The molecule has 0 bridgehead atoms. The lowest BCUT2D eigenvalue weighted by Crippen LogP contribution is -2.33. The summed E-state index contributed by atoms with van der Waals surface area (Å²) in [5, 5.41) is 11.1. The van der Waals surface area contributed by atoms with Crippen molar-refractivity contribution in [2.75, 3.05) is 39.8 Å². The van der Waals surface area contributed by atoms with Gasteiger partial charge in [-0.05, 0) is 36.0 Å². The molecule has 2 aliphatic heterocycles. The van der Waals surface area contributed by atoms with Crippen LogP contribution >= 0.6 is 0 Å². The van der Waals surface area contributed by atoms with Crippen LogP contribution in [0.3, 0.4) is 0 Å². The highest BCUT2D eigenvalue weighted by Crippen LogP contribution is 2.41. The molecule has 0 saturated carbocycles. The van der Waals surface area contributed by atoms with Crippen molar-refractivity contribution in [3.63, 3.8) is 0 Å². The number of likely N-dealkylation sites (N-methyl/N-ethyl adjacent to an activating group) is 1. The van der Waals surface area contributed by atoms with Crippen molar-refractivity contribution in [2.45, 2.75) is 25.7 Å². The Morgan fingerprint density at radius 1 is 1.08 bits per heavy atom. The van der Waals surface area contributed by atoms with Gasteiger partial charge >= 0.3 is 0 Å². The van der Waals surface area contributed by atoms with Gasteiger partial charge in [0.25, 0.3) is 0 Å². The van der Waals surface area contributed by atoms with Gasteiger partial charge in [0.2, 0.25) is 0 Å². The smallest absolute Gasteiger partial charge is 0.130 e. The summed E-state index contributed by atoms with van der Waals surface area (Å²) >= 11 is 0. The number of hydroxylamine groups is 2. The van der Waals surface area contributed by atoms with Gasteiger partial charge in [-0.15, -0.1) is 5.06 Å². The Morgan fingerprint density at radius 2 is 1.88 bits per heavy atom. The number of fused-ring (bicyclic) bond motifs is 1. The molecule has 1 saturated heterocycles. The molecule has 128 valence electrons. The summed E-state index contributed by atoms with van der Waals surface area (Å²) in [6.45, 7) is 4.01. The summed E-state index contributed by atoms with van der Waals surface area (Å²) in [6.07, 6.45) is 4.22. The number of rotatable bonds is 2. The van der Waals surface area contributed by atoms with Crippen molar-refractivity contribution >= 4 is 5.57 Å². The molecule has 1 N–H and O–H groups in total. The maximum absolute atomic E-state index is 9.17. The van der Waals surface area contributed by atoms with E-state index < -0.39 is 0 Å². The fourth-order valence-electron chi connectivity index (χ4n) is 4.24. The first kappa shape index (κ1) is 15.9. The number of allylic oxidation sites excluding steroid dienone is 1. The van der Waals surface area contributed by atoms with Crippen molar-refractivity contribution < 1.29 is 9.94 Å². The van der Waals surface area contributed by atoms with E-state index in [-0.39, 0.29) is 6.61 Å². The molecular formula is C20H26N2O2. The Kier molecular flexibility index (Phi) is 4.44. The van der Waals surface area contributed by atoms with E-state index in [9.17, 15) is 0 Å². The van der Waals surface area contributed by atoms with E-state index in [1.165, 1.54) is 22.3 Å². The molecular weight excluding hydrogens is 300 g/mol. The molecule has 0 unspecified atom stereocenters. The second-order valence-electron chi connectivity index (χ2n) is 6.98. The summed E-state index contributed by atoms with van der Waals surface area (Å²) in [5.41, 5.74) is 7.26. The van der Waals surface area contributed by atoms with Crippen molar-refractivity contribution in [1.29, 1.82) is 0 Å². The number of hydrogen-bond acceptors (Lipinski definition) is 4. The first-order valence-electron chi connectivity index (χ1n) is 9.01. The quantitative estimate of drug-likeness (QED) is 0.906. The third kappa shape index (κ3) is 2.90. The topological polar surface area (TPSA) is 35.9 Å². The van der Waals surface area contributed by atoms with Gasteiger partial charge in [0, 0.05) is 38.7 Å². The highest BCUT2D eigenvalue weighted by molar-refractivity contribution is 5.85. The zero-order valence-electron chi connectivity index (χ0n) is 14.4. The molecule has 0 radical (unpaired) electrons. The summed E-state index contributed by atoms with van der Waals surface area (Å²) in [5.74, 6) is 1.16. The molecule has 1 aromatic rings. The monoisotopic (exact) mass is 326 g/mol. The van der Waals surface area contributed by atoms with Crippen LogP contribution in [0.5, 0.6) is 0 Å². The minimum atomic E-state index is 0.253. The summed E-state index contributed by atoms with van der Waals surface area (Å²) < 4.78 is 0. The molecule has 4 heteroatoms. The largest absolute Gasteiger partial charge is 0.410 e. The minimum absolute atomic E-state index is 0.253. The van der Waals surface area contributed by atoms with Crippen LogP contribution in [0.2, 0.25) is 0 Å². The molecule has 0 atom stereocenters. The van der Waals surface area contributed by atoms with Gasteiger partial charge in [0.05, 0.1) is 13.2 Å². The number of nitrogens with zero attached hydrogens (tertiary/aromatic N) is 2. The Bertz CT molecular complexity index is 683. The van der Waals surface area contributed by atoms with Gasteiger partial charge in [-0.25, -0.2) is 0 Å². The van der Waals surface area contributed by atoms with Crippen LogP contribution in [-0.4, -0.2) is 54.9 Å². The Balaban J connectivity index is 1.75. The Labute approximate surface area is 144 Å². The molecule has 0 amide bonds. The lowest BCUT2D eigenvalue weighted by molar-refractivity contribution is -0.0696. The third-order valence-electron chi connectivity index (χ3n) is 5.42. The summed E-state index contributed by atoms with van der Waals surface area (Å²) in [4.78, 5) is 8.35. The SMILES string of the molecule is CN1CC2=C(CCc3ccccc3C2=C2CCN(CCO)CC2)O1. The van der Waals surface area contributed by atoms with E-state index in [2.05, 4.69) is 29.2 Å². The number of likely N-dealkylation sites (tertiary alicyclic amines) is 1. The highest BCUT2D eigenvalue weighted by Gasteiger charge is 2.31. The van der Waals surface area contributed by atoms with E-state index in [1.54, 1.807) is 5.57 Å². The average Bonchev–Trinajstić information content (AvgIpc) is 2.89. The molecule has 4 nitrogen and oxygen atoms in total. The number of aliphatic hydroxyl groups excluding tert-OH is 1. The van der Waals surface area contributed by atoms with Crippen LogP contribution in [0.15, 0.2) is 41.2 Å². The van der Waals surface area contributed by atoms with E-state index in [1.807, 2.05) is 12.1 Å². The van der Waals surface area contributed by atoms with Crippen LogP contribution < -0.4 is 0 Å². The first-order chi connectivity index (χ1) is 11.8. The maximum Gasteiger partial charge on any atom is 0.130 e. The van der Waals surface area contributed by atoms with E-state index in [0.717, 1.165) is 57.6 Å². The van der Waals surface area contributed by atoms with Crippen LogP contribution in [0.25, 0.3) is 5.57 Å². The molecule has 0 spiro atoms. The lowest BCUT2D eigenvalue weighted by Gasteiger charge is -2.30. The Hall–Kier alpha value is -1.62. The van der Waals surface area contributed by atoms with Gasteiger partial charge in [0.15, 0.2) is 0 Å². The fourth-order valence-corrected chi connectivity index (χ4v) is 4.24. The second-order valence-corrected chi connectivity index (χ2v) is 6.98. The van der Waals surface area contributed by atoms with Crippen LogP contribution in [0, 0.1) is 0 Å². The molecule has 1 aromatic carbocycles. The number of hydrogen-bond donors (Lipinski definition) is 1. The van der Waals surface area contributed by atoms with E-state index >= 15 is 0 Å². The zero-order valence-corrected chi connectivity index (χ0v) is 14.4. The number of aryl methyl sites for hydroxylation is 1. The normalized spacial score (nSPS) is 22.2. The number of β-amino-alcohol motifs (C(OH)–C–C–N with tert-alkyl or cyclic N) is 1. The van der Waals surface area contributed by atoms with Gasteiger partial charge in [-0.3, -0.25) is 0 Å². The van der Waals surface area contributed by atoms with Crippen molar-refractivity contribution in [1.82, 2.24) is 9.96 Å². The van der Waals surface area contributed by atoms with Crippen molar-refractivity contribution in [2.24, 2.45) is 0 Å². The first-order valence-corrected chi connectivity index (χ1v) is 9.01. The number of aliphatic hydroxyl groups is 1. The van der Waals surface area contributed by atoms with Crippen molar-refractivity contribution in [3.8, 4) is 0 Å². The summed E-state index contributed by atoms with van der Waals surface area (Å²) in [6, 6.07) is 8.86. The van der Waals surface area contributed by atoms with Gasteiger partial charge in [-0.1, -0.05) is 29.8 Å². The zero-order chi connectivity index (χ0) is 16.5. The Morgan fingerprint density at radius 3 is 2.67 bits per heavy atom. The standard InChI is InChI=1S/C20H26N2O2/c1-21-14-18-19(24-21)7-6-15-4-2-3-5-17(15)20(18)16-8-10-22(11-9-16)12-13-23/h2-5,23H,6-14H2,1H3. The van der Waals surface area contributed by atoms with Gasteiger partial charge in [0.1, 0.15) is 5.76 Å². The average molecular weight is 326 g/mol. The third-order valence-corrected chi connectivity index (χ3v) is 5.42. The molecule has 24 heavy (non-hydrogen) atoms. The predicted molar refractivity (Wildman–Crippen MR) is 95.2 cm³/mol. The fraction of sp³-hybridized carbons (Fsp3) is 0.500. The lowest BCUT2D eigenvalue weighted by atomic mass is 9.86. The number of benzene rings is 1. The van der Waals surface area contributed by atoms with Crippen molar-refractivity contribution in [3.05, 3.63) is 52.3 Å². The molecule has 1 fully saturated rings. The summed E-state index contributed by atoms with van der Waals surface area (Å²) in [7, 11) is 2.02. The van der Waals surface area contributed by atoms with Gasteiger partial charge in [-0.2, -0.15) is 0 Å².